The van der Waals surface area contributed by atoms with Crippen molar-refractivity contribution in [3.8, 4) is 0 Å². The van der Waals surface area contributed by atoms with Gasteiger partial charge in [-0.05, 0) is 30.9 Å². The first kappa shape index (κ1) is 16.0. The summed E-state index contributed by atoms with van der Waals surface area (Å²) in [5, 5.41) is 8.83. The SMILES string of the molecule is Cc1ccccc1C1(CNc2ncnc3c2cnn3C)CCOCC1. The third kappa shape index (κ3) is 2.87. The molecule has 4 rings (SSSR count). The summed E-state index contributed by atoms with van der Waals surface area (Å²) in [5.41, 5.74) is 3.64. The quantitative estimate of drug-likeness (QED) is 0.793. The van der Waals surface area contributed by atoms with E-state index in [1.807, 2.05) is 13.2 Å². The fourth-order valence-corrected chi connectivity index (χ4v) is 3.83. The first-order valence-corrected chi connectivity index (χ1v) is 8.70. The lowest BCUT2D eigenvalue weighted by Gasteiger charge is -2.39. The van der Waals surface area contributed by atoms with E-state index >= 15 is 0 Å². The smallest absolute Gasteiger partial charge is 0.163 e. The van der Waals surface area contributed by atoms with Gasteiger partial charge in [0.25, 0.3) is 0 Å². The average Bonchev–Trinajstić information content (AvgIpc) is 3.03. The van der Waals surface area contributed by atoms with Crippen molar-refractivity contribution in [2.24, 2.45) is 7.05 Å². The number of aromatic nitrogens is 4. The summed E-state index contributed by atoms with van der Waals surface area (Å²) in [6, 6.07) is 8.67. The molecule has 1 aromatic carbocycles. The standard InChI is InChI=1S/C19H23N5O/c1-14-5-3-4-6-16(14)19(7-9-25-10-8-19)12-20-17-15-11-23-24(2)18(15)22-13-21-17/h3-6,11,13H,7-10,12H2,1-2H3,(H,20,21,22). The number of fused-ring (bicyclic) bond motifs is 1. The van der Waals surface area contributed by atoms with Gasteiger partial charge in [-0.2, -0.15) is 5.10 Å². The third-order valence-corrected chi connectivity index (χ3v) is 5.29. The molecule has 0 atom stereocenters. The van der Waals surface area contributed by atoms with Crippen molar-refractivity contribution in [2.45, 2.75) is 25.2 Å². The molecular weight excluding hydrogens is 314 g/mol. The summed E-state index contributed by atoms with van der Waals surface area (Å²) >= 11 is 0. The van der Waals surface area contributed by atoms with Gasteiger partial charge in [0, 0.05) is 32.2 Å². The van der Waals surface area contributed by atoms with Crippen molar-refractivity contribution in [1.82, 2.24) is 19.7 Å². The Hall–Kier alpha value is -2.47. The van der Waals surface area contributed by atoms with E-state index in [1.165, 1.54) is 11.1 Å². The fourth-order valence-electron chi connectivity index (χ4n) is 3.83. The number of nitrogens with zero attached hydrogens (tertiary/aromatic N) is 4. The predicted molar refractivity (Wildman–Crippen MR) is 97.7 cm³/mol. The zero-order valence-corrected chi connectivity index (χ0v) is 14.7. The molecule has 2 aromatic heterocycles. The number of benzene rings is 1. The van der Waals surface area contributed by atoms with Gasteiger partial charge in [0.05, 0.1) is 11.6 Å². The lowest BCUT2D eigenvalue weighted by atomic mass is 9.72. The van der Waals surface area contributed by atoms with E-state index in [-0.39, 0.29) is 5.41 Å². The molecule has 0 spiro atoms. The fraction of sp³-hybridized carbons (Fsp3) is 0.421. The molecule has 1 saturated heterocycles. The largest absolute Gasteiger partial charge is 0.381 e. The molecule has 1 N–H and O–H groups in total. The highest BCUT2D eigenvalue weighted by atomic mass is 16.5. The predicted octanol–water partition coefficient (Wildman–Crippen LogP) is 2.83. The Labute approximate surface area is 147 Å². The average molecular weight is 337 g/mol. The molecule has 1 aliphatic heterocycles. The van der Waals surface area contributed by atoms with Gasteiger partial charge in [0.1, 0.15) is 12.1 Å². The van der Waals surface area contributed by atoms with Crippen LogP contribution in [0.1, 0.15) is 24.0 Å². The van der Waals surface area contributed by atoms with E-state index < -0.39 is 0 Å². The Morgan fingerprint density at radius 1 is 1.20 bits per heavy atom. The zero-order chi connectivity index (χ0) is 17.3. The van der Waals surface area contributed by atoms with Crippen LogP contribution in [-0.2, 0) is 17.2 Å². The minimum absolute atomic E-state index is 0.0586. The number of aryl methyl sites for hydroxylation is 2. The van der Waals surface area contributed by atoms with Gasteiger partial charge in [-0.3, -0.25) is 4.68 Å². The molecule has 0 aliphatic carbocycles. The molecule has 0 amide bonds. The van der Waals surface area contributed by atoms with Crippen molar-refractivity contribution in [3.05, 3.63) is 47.9 Å². The maximum atomic E-state index is 5.64. The van der Waals surface area contributed by atoms with Crippen LogP contribution in [0.2, 0.25) is 0 Å². The van der Waals surface area contributed by atoms with Crippen molar-refractivity contribution in [2.75, 3.05) is 25.1 Å². The summed E-state index contributed by atoms with van der Waals surface area (Å²) in [6.07, 6.45) is 5.43. The van der Waals surface area contributed by atoms with E-state index in [2.05, 4.69) is 51.6 Å². The molecule has 0 saturated carbocycles. The Morgan fingerprint density at radius 2 is 2.00 bits per heavy atom. The molecule has 130 valence electrons. The first-order chi connectivity index (χ1) is 12.2. The lowest BCUT2D eigenvalue weighted by molar-refractivity contribution is 0.0542. The number of hydrogen-bond acceptors (Lipinski definition) is 5. The second kappa shape index (κ2) is 6.44. The van der Waals surface area contributed by atoms with Crippen LogP contribution in [0, 0.1) is 6.92 Å². The maximum absolute atomic E-state index is 5.64. The van der Waals surface area contributed by atoms with Gasteiger partial charge in [0.15, 0.2) is 5.65 Å². The van der Waals surface area contributed by atoms with E-state index in [1.54, 1.807) is 11.0 Å². The Bertz CT molecular complexity index is 882. The topological polar surface area (TPSA) is 64.9 Å². The van der Waals surface area contributed by atoms with Gasteiger partial charge in [0.2, 0.25) is 0 Å². The van der Waals surface area contributed by atoms with Crippen molar-refractivity contribution in [1.29, 1.82) is 0 Å². The summed E-state index contributed by atoms with van der Waals surface area (Å²) in [4.78, 5) is 8.76. The minimum atomic E-state index is 0.0586. The van der Waals surface area contributed by atoms with Gasteiger partial charge in [-0.1, -0.05) is 24.3 Å². The highest BCUT2D eigenvalue weighted by molar-refractivity contribution is 5.86. The van der Waals surface area contributed by atoms with E-state index in [9.17, 15) is 0 Å². The Kier molecular flexibility index (Phi) is 4.13. The van der Waals surface area contributed by atoms with Crippen LogP contribution >= 0.6 is 0 Å². The number of rotatable bonds is 4. The van der Waals surface area contributed by atoms with Gasteiger partial charge in [-0.25, -0.2) is 9.97 Å². The number of nitrogens with one attached hydrogen (secondary N) is 1. The van der Waals surface area contributed by atoms with Gasteiger partial charge < -0.3 is 10.1 Å². The molecule has 0 radical (unpaired) electrons. The van der Waals surface area contributed by atoms with Crippen LogP contribution in [0.15, 0.2) is 36.8 Å². The molecule has 0 unspecified atom stereocenters. The maximum Gasteiger partial charge on any atom is 0.163 e. The van der Waals surface area contributed by atoms with Crippen LogP contribution in [0.25, 0.3) is 11.0 Å². The monoisotopic (exact) mass is 337 g/mol. The van der Waals surface area contributed by atoms with Crippen LogP contribution in [0.5, 0.6) is 0 Å². The highest BCUT2D eigenvalue weighted by Gasteiger charge is 2.35. The van der Waals surface area contributed by atoms with E-state index in [4.69, 9.17) is 4.74 Å². The number of anilines is 1. The van der Waals surface area contributed by atoms with E-state index in [0.717, 1.165) is 49.5 Å². The summed E-state index contributed by atoms with van der Waals surface area (Å²) in [5.74, 6) is 0.845. The second-order valence-electron chi connectivity index (χ2n) is 6.79. The van der Waals surface area contributed by atoms with Crippen LogP contribution in [-0.4, -0.2) is 39.5 Å². The van der Waals surface area contributed by atoms with Gasteiger partial charge in [-0.15, -0.1) is 0 Å². The molecule has 6 nitrogen and oxygen atoms in total. The second-order valence-corrected chi connectivity index (χ2v) is 6.79. The molecule has 3 aromatic rings. The zero-order valence-electron chi connectivity index (χ0n) is 14.7. The van der Waals surface area contributed by atoms with Crippen molar-refractivity contribution in [3.63, 3.8) is 0 Å². The van der Waals surface area contributed by atoms with Crippen LogP contribution in [0.4, 0.5) is 5.82 Å². The van der Waals surface area contributed by atoms with Crippen LogP contribution < -0.4 is 5.32 Å². The highest BCUT2D eigenvalue weighted by Crippen LogP contribution is 2.37. The summed E-state index contributed by atoms with van der Waals surface area (Å²) in [7, 11) is 1.90. The summed E-state index contributed by atoms with van der Waals surface area (Å²) < 4.78 is 7.42. The molecule has 1 aliphatic rings. The van der Waals surface area contributed by atoms with E-state index in [0.29, 0.717) is 0 Å². The molecular formula is C19H23N5O. The molecule has 3 heterocycles. The normalized spacial score (nSPS) is 16.9. The number of hydrogen-bond donors (Lipinski definition) is 1. The Morgan fingerprint density at radius 3 is 2.80 bits per heavy atom. The van der Waals surface area contributed by atoms with Crippen LogP contribution in [0.3, 0.4) is 0 Å². The molecule has 6 heteroatoms. The molecule has 1 fully saturated rings. The summed E-state index contributed by atoms with van der Waals surface area (Å²) in [6.45, 7) is 4.60. The number of ether oxygens (including phenoxy) is 1. The first-order valence-electron chi connectivity index (χ1n) is 8.70. The third-order valence-electron chi connectivity index (χ3n) is 5.29. The molecule has 25 heavy (non-hydrogen) atoms. The van der Waals surface area contributed by atoms with Crippen molar-refractivity contribution < 1.29 is 4.74 Å². The van der Waals surface area contributed by atoms with Gasteiger partial charge >= 0.3 is 0 Å². The van der Waals surface area contributed by atoms with Crippen molar-refractivity contribution >= 4 is 16.9 Å². The minimum Gasteiger partial charge on any atom is -0.381 e. The molecule has 0 bridgehead atoms. The lowest BCUT2D eigenvalue weighted by Crippen LogP contribution is -2.40. The Balaban J connectivity index is 1.66.